The van der Waals surface area contributed by atoms with Crippen LogP contribution in [-0.4, -0.2) is 60.9 Å². The van der Waals surface area contributed by atoms with Crippen molar-refractivity contribution in [1.82, 2.24) is 15.1 Å². The lowest BCUT2D eigenvalue weighted by molar-refractivity contribution is -0.138. The molecule has 1 aromatic rings. The molecule has 2 fully saturated rings. The van der Waals surface area contributed by atoms with Crippen molar-refractivity contribution < 1.29 is 14.0 Å². The molecule has 6 heteroatoms. The van der Waals surface area contributed by atoms with E-state index in [9.17, 15) is 9.59 Å². The maximum atomic E-state index is 13.0. The molecule has 0 bridgehead atoms. The standard InChI is InChI=1S/C19H29N3O3/c1-20-10-7-15-8-12-21(13-9-15)18(23)16-5-2-3-11-22(16)19(24)17-6-4-14-25-17/h4,6,14-16,20H,2-3,5,7-13H2,1H3. The molecule has 25 heavy (non-hydrogen) atoms. The second kappa shape index (κ2) is 8.52. The second-order valence-electron chi connectivity index (χ2n) is 7.15. The largest absolute Gasteiger partial charge is 0.459 e. The third kappa shape index (κ3) is 4.24. The normalized spacial score (nSPS) is 22.2. The van der Waals surface area contributed by atoms with Crippen LogP contribution in [0.25, 0.3) is 0 Å². The highest BCUT2D eigenvalue weighted by molar-refractivity contribution is 5.95. The monoisotopic (exact) mass is 347 g/mol. The maximum absolute atomic E-state index is 13.0. The van der Waals surface area contributed by atoms with E-state index in [1.165, 1.54) is 12.7 Å². The van der Waals surface area contributed by atoms with E-state index in [0.717, 1.165) is 51.7 Å². The van der Waals surface area contributed by atoms with Crippen LogP contribution in [0.15, 0.2) is 22.8 Å². The number of carbonyl (C=O) groups excluding carboxylic acids is 2. The number of hydrogen-bond donors (Lipinski definition) is 1. The number of nitrogens with zero attached hydrogens (tertiary/aromatic N) is 2. The average Bonchev–Trinajstić information content (AvgIpc) is 3.20. The van der Waals surface area contributed by atoms with Crippen LogP contribution in [0.4, 0.5) is 0 Å². The fourth-order valence-corrected chi connectivity index (χ4v) is 3.97. The number of amides is 2. The highest BCUT2D eigenvalue weighted by atomic mass is 16.3. The van der Waals surface area contributed by atoms with E-state index in [1.54, 1.807) is 17.0 Å². The van der Waals surface area contributed by atoms with Crippen LogP contribution in [0.2, 0.25) is 0 Å². The van der Waals surface area contributed by atoms with Crippen LogP contribution in [0.1, 0.15) is 49.1 Å². The zero-order valence-electron chi connectivity index (χ0n) is 15.1. The molecule has 3 rings (SSSR count). The van der Waals surface area contributed by atoms with Gasteiger partial charge in [0.1, 0.15) is 6.04 Å². The van der Waals surface area contributed by atoms with Gasteiger partial charge < -0.3 is 19.5 Å². The van der Waals surface area contributed by atoms with Crippen molar-refractivity contribution in [3.63, 3.8) is 0 Å². The number of nitrogens with one attached hydrogen (secondary N) is 1. The van der Waals surface area contributed by atoms with Crippen LogP contribution in [0.3, 0.4) is 0 Å². The molecule has 138 valence electrons. The molecular weight excluding hydrogens is 318 g/mol. The number of likely N-dealkylation sites (tertiary alicyclic amines) is 2. The molecule has 0 aromatic carbocycles. The molecule has 0 spiro atoms. The fraction of sp³-hybridized carbons (Fsp3) is 0.684. The van der Waals surface area contributed by atoms with Gasteiger partial charge in [0.15, 0.2) is 5.76 Å². The SMILES string of the molecule is CNCCC1CCN(C(=O)C2CCCCN2C(=O)c2ccco2)CC1. The van der Waals surface area contributed by atoms with Crippen LogP contribution < -0.4 is 5.32 Å². The van der Waals surface area contributed by atoms with Crippen molar-refractivity contribution in [3.8, 4) is 0 Å². The Hall–Kier alpha value is -1.82. The molecular formula is C19H29N3O3. The van der Waals surface area contributed by atoms with Crippen LogP contribution >= 0.6 is 0 Å². The van der Waals surface area contributed by atoms with E-state index < -0.39 is 0 Å². The quantitative estimate of drug-likeness (QED) is 0.886. The summed E-state index contributed by atoms with van der Waals surface area (Å²) in [5.41, 5.74) is 0. The summed E-state index contributed by atoms with van der Waals surface area (Å²) < 4.78 is 5.25. The Balaban J connectivity index is 1.61. The van der Waals surface area contributed by atoms with Gasteiger partial charge in [0.25, 0.3) is 5.91 Å². The highest BCUT2D eigenvalue weighted by Gasteiger charge is 2.36. The van der Waals surface area contributed by atoms with E-state index in [2.05, 4.69) is 5.32 Å². The Labute approximate surface area is 149 Å². The summed E-state index contributed by atoms with van der Waals surface area (Å²) in [5.74, 6) is 0.979. The lowest BCUT2D eigenvalue weighted by Gasteiger charge is -2.39. The smallest absolute Gasteiger partial charge is 0.290 e. The van der Waals surface area contributed by atoms with Gasteiger partial charge in [0.2, 0.25) is 5.91 Å². The van der Waals surface area contributed by atoms with Crippen LogP contribution in [-0.2, 0) is 4.79 Å². The molecule has 3 heterocycles. The summed E-state index contributed by atoms with van der Waals surface area (Å²) in [6, 6.07) is 3.05. The predicted octanol–water partition coefficient (Wildman–Crippen LogP) is 2.12. The first-order valence-corrected chi connectivity index (χ1v) is 9.48. The molecule has 2 aliphatic heterocycles. The Morgan fingerprint density at radius 2 is 2.00 bits per heavy atom. The Bertz CT molecular complexity index is 564. The van der Waals surface area contributed by atoms with Crippen molar-refractivity contribution >= 4 is 11.8 Å². The lowest BCUT2D eigenvalue weighted by Crippen LogP contribution is -2.54. The molecule has 1 aromatic heterocycles. The van der Waals surface area contributed by atoms with Gasteiger partial charge in [-0.1, -0.05) is 0 Å². The zero-order chi connectivity index (χ0) is 17.6. The zero-order valence-corrected chi connectivity index (χ0v) is 15.1. The van der Waals surface area contributed by atoms with Gasteiger partial charge in [-0.15, -0.1) is 0 Å². The molecule has 0 aliphatic carbocycles. The molecule has 2 aliphatic rings. The lowest BCUT2D eigenvalue weighted by atomic mass is 9.92. The third-order valence-electron chi connectivity index (χ3n) is 5.51. The summed E-state index contributed by atoms with van der Waals surface area (Å²) in [5, 5.41) is 3.20. The van der Waals surface area contributed by atoms with Gasteiger partial charge in [0, 0.05) is 19.6 Å². The average molecular weight is 347 g/mol. The minimum Gasteiger partial charge on any atom is -0.459 e. The number of rotatable bonds is 5. The van der Waals surface area contributed by atoms with E-state index >= 15 is 0 Å². The van der Waals surface area contributed by atoms with Crippen molar-refractivity contribution in [1.29, 1.82) is 0 Å². The molecule has 2 amide bonds. The summed E-state index contributed by atoms with van der Waals surface area (Å²) >= 11 is 0. The van der Waals surface area contributed by atoms with E-state index in [-0.39, 0.29) is 17.9 Å². The molecule has 1 atom stereocenters. The second-order valence-corrected chi connectivity index (χ2v) is 7.15. The topological polar surface area (TPSA) is 65.8 Å². The summed E-state index contributed by atoms with van der Waals surface area (Å²) in [7, 11) is 1.98. The summed E-state index contributed by atoms with van der Waals surface area (Å²) in [4.78, 5) is 29.4. The number of piperidine rings is 2. The van der Waals surface area contributed by atoms with Crippen LogP contribution in [0, 0.1) is 5.92 Å². The molecule has 0 radical (unpaired) electrons. The van der Waals surface area contributed by atoms with E-state index in [4.69, 9.17) is 4.42 Å². The van der Waals surface area contributed by atoms with E-state index in [0.29, 0.717) is 18.2 Å². The van der Waals surface area contributed by atoms with Gasteiger partial charge in [-0.05, 0) is 70.2 Å². The molecule has 6 nitrogen and oxygen atoms in total. The Morgan fingerprint density at radius 1 is 1.20 bits per heavy atom. The van der Waals surface area contributed by atoms with Gasteiger partial charge in [0.05, 0.1) is 6.26 Å². The minimum absolute atomic E-state index is 0.117. The van der Waals surface area contributed by atoms with Gasteiger partial charge in [-0.2, -0.15) is 0 Å². The maximum Gasteiger partial charge on any atom is 0.290 e. The first-order valence-electron chi connectivity index (χ1n) is 9.48. The number of carbonyl (C=O) groups is 2. The van der Waals surface area contributed by atoms with Crippen molar-refractivity contribution in [3.05, 3.63) is 24.2 Å². The summed E-state index contributed by atoms with van der Waals surface area (Å²) in [6.45, 7) is 3.29. The Morgan fingerprint density at radius 3 is 2.68 bits per heavy atom. The number of hydrogen-bond acceptors (Lipinski definition) is 4. The highest BCUT2D eigenvalue weighted by Crippen LogP contribution is 2.25. The van der Waals surface area contributed by atoms with Crippen LogP contribution in [0.5, 0.6) is 0 Å². The van der Waals surface area contributed by atoms with Gasteiger partial charge in [-0.3, -0.25) is 9.59 Å². The first kappa shape index (κ1) is 18.0. The third-order valence-corrected chi connectivity index (χ3v) is 5.51. The van der Waals surface area contributed by atoms with Gasteiger partial charge in [-0.25, -0.2) is 0 Å². The minimum atomic E-state index is -0.333. The Kier molecular flexibility index (Phi) is 6.13. The number of furan rings is 1. The van der Waals surface area contributed by atoms with Crippen molar-refractivity contribution in [2.45, 2.75) is 44.6 Å². The molecule has 2 saturated heterocycles. The molecule has 1 N–H and O–H groups in total. The van der Waals surface area contributed by atoms with E-state index in [1.807, 2.05) is 11.9 Å². The molecule has 1 unspecified atom stereocenters. The fourth-order valence-electron chi connectivity index (χ4n) is 3.97. The molecule has 0 saturated carbocycles. The predicted molar refractivity (Wildman–Crippen MR) is 95.2 cm³/mol. The van der Waals surface area contributed by atoms with Crippen molar-refractivity contribution in [2.75, 3.05) is 33.2 Å². The summed E-state index contributed by atoms with van der Waals surface area (Å²) in [6.07, 6.45) is 7.50. The van der Waals surface area contributed by atoms with Gasteiger partial charge >= 0.3 is 0 Å². The van der Waals surface area contributed by atoms with Crippen molar-refractivity contribution in [2.24, 2.45) is 5.92 Å². The first-order chi connectivity index (χ1) is 12.2.